The molecule has 0 aliphatic carbocycles. The fraction of sp³-hybridized carbons (Fsp3) is 0.462. The molecule has 0 aliphatic heterocycles. The molecule has 1 atom stereocenters. The standard InChI is InChI=1S/C13H18BrNO3/c1-8(2)15-7-10-5-4-6-11(14)12(10)18-9(3)13(16)17/h4-6,8-9,15H,7H2,1-3H3,(H,16,17). The van der Waals surface area contributed by atoms with Gasteiger partial charge < -0.3 is 15.2 Å². The van der Waals surface area contributed by atoms with Crippen molar-refractivity contribution in [3.05, 3.63) is 28.2 Å². The van der Waals surface area contributed by atoms with Crippen molar-refractivity contribution in [1.82, 2.24) is 5.32 Å². The van der Waals surface area contributed by atoms with Crippen LogP contribution in [0, 0.1) is 0 Å². The van der Waals surface area contributed by atoms with Crippen LogP contribution in [-0.2, 0) is 11.3 Å². The Morgan fingerprint density at radius 1 is 1.44 bits per heavy atom. The zero-order valence-electron chi connectivity index (χ0n) is 10.7. The van der Waals surface area contributed by atoms with Crippen LogP contribution in [0.3, 0.4) is 0 Å². The number of carboxylic acids is 1. The molecular weight excluding hydrogens is 298 g/mol. The SMILES string of the molecule is CC(C)NCc1cccc(Br)c1OC(C)C(=O)O. The maximum atomic E-state index is 10.8. The van der Waals surface area contributed by atoms with Crippen molar-refractivity contribution >= 4 is 21.9 Å². The minimum Gasteiger partial charge on any atom is -0.479 e. The average Bonchev–Trinajstić information content (AvgIpc) is 2.29. The lowest BCUT2D eigenvalue weighted by Gasteiger charge is -2.17. The molecule has 0 heterocycles. The monoisotopic (exact) mass is 315 g/mol. The molecule has 4 nitrogen and oxygen atoms in total. The van der Waals surface area contributed by atoms with Crippen LogP contribution in [0.5, 0.6) is 5.75 Å². The third-order valence-electron chi connectivity index (χ3n) is 2.39. The molecule has 0 aromatic heterocycles. The molecule has 0 saturated heterocycles. The van der Waals surface area contributed by atoms with E-state index in [2.05, 4.69) is 35.1 Å². The van der Waals surface area contributed by atoms with Crippen LogP contribution in [0.4, 0.5) is 0 Å². The van der Waals surface area contributed by atoms with Crippen molar-refractivity contribution in [3.63, 3.8) is 0 Å². The summed E-state index contributed by atoms with van der Waals surface area (Å²) in [5, 5.41) is 12.2. The number of nitrogens with one attached hydrogen (secondary N) is 1. The van der Waals surface area contributed by atoms with Crippen molar-refractivity contribution in [2.45, 2.75) is 39.5 Å². The second-order valence-electron chi connectivity index (χ2n) is 4.36. The van der Waals surface area contributed by atoms with Gasteiger partial charge in [-0.3, -0.25) is 0 Å². The minimum atomic E-state index is -0.978. The lowest BCUT2D eigenvalue weighted by atomic mass is 10.2. The molecule has 1 rings (SSSR count). The fourth-order valence-electron chi connectivity index (χ4n) is 1.37. The third-order valence-corrected chi connectivity index (χ3v) is 3.02. The Kier molecular flexibility index (Phi) is 5.62. The van der Waals surface area contributed by atoms with Gasteiger partial charge in [-0.1, -0.05) is 26.0 Å². The van der Waals surface area contributed by atoms with Crippen molar-refractivity contribution in [3.8, 4) is 5.75 Å². The highest BCUT2D eigenvalue weighted by Crippen LogP contribution is 2.30. The van der Waals surface area contributed by atoms with Gasteiger partial charge in [-0.2, -0.15) is 0 Å². The number of hydrogen-bond acceptors (Lipinski definition) is 3. The van der Waals surface area contributed by atoms with Gasteiger partial charge in [0.2, 0.25) is 0 Å². The summed E-state index contributed by atoms with van der Waals surface area (Å²) in [5.74, 6) is -0.394. The molecule has 0 spiro atoms. The molecule has 0 fully saturated rings. The number of aliphatic carboxylic acids is 1. The van der Waals surface area contributed by atoms with E-state index in [1.54, 1.807) is 0 Å². The number of ether oxygens (including phenoxy) is 1. The molecule has 1 aromatic rings. The van der Waals surface area contributed by atoms with E-state index >= 15 is 0 Å². The summed E-state index contributed by atoms with van der Waals surface area (Å²) in [6.07, 6.45) is -0.874. The van der Waals surface area contributed by atoms with E-state index in [0.29, 0.717) is 18.3 Å². The second-order valence-corrected chi connectivity index (χ2v) is 5.22. The molecule has 100 valence electrons. The van der Waals surface area contributed by atoms with E-state index in [4.69, 9.17) is 9.84 Å². The van der Waals surface area contributed by atoms with Gasteiger partial charge in [0.1, 0.15) is 5.75 Å². The van der Waals surface area contributed by atoms with E-state index in [1.807, 2.05) is 18.2 Å². The Hall–Kier alpha value is -1.07. The average molecular weight is 316 g/mol. The van der Waals surface area contributed by atoms with Crippen LogP contribution >= 0.6 is 15.9 Å². The van der Waals surface area contributed by atoms with E-state index in [1.165, 1.54) is 6.92 Å². The summed E-state index contributed by atoms with van der Waals surface area (Å²) in [4.78, 5) is 10.8. The maximum Gasteiger partial charge on any atom is 0.344 e. The van der Waals surface area contributed by atoms with Gasteiger partial charge in [0.15, 0.2) is 6.10 Å². The van der Waals surface area contributed by atoms with Crippen LogP contribution in [0.2, 0.25) is 0 Å². The van der Waals surface area contributed by atoms with Crippen molar-refractivity contribution in [2.75, 3.05) is 0 Å². The number of halogens is 1. The number of rotatable bonds is 6. The zero-order chi connectivity index (χ0) is 13.7. The molecule has 0 amide bonds. The summed E-state index contributed by atoms with van der Waals surface area (Å²) in [6, 6.07) is 6.01. The molecule has 18 heavy (non-hydrogen) atoms. The molecule has 0 radical (unpaired) electrons. The van der Waals surface area contributed by atoms with E-state index in [-0.39, 0.29) is 0 Å². The number of para-hydroxylation sites is 1. The number of carboxylic acid groups (broad SMARTS) is 1. The summed E-state index contributed by atoms with van der Waals surface area (Å²) < 4.78 is 6.25. The molecule has 1 aromatic carbocycles. The zero-order valence-corrected chi connectivity index (χ0v) is 12.3. The van der Waals surface area contributed by atoms with Gasteiger partial charge in [0.25, 0.3) is 0 Å². The Morgan fingerprint density at radius 2 is 2.11 bits per heavy atom. The summed E-state index contributed by atoms with van der Waals surface area (Å²) in [7, 11) is 0. The largest absolute Gasteiger partial charge is 0.479 e. The first-order valence-corrected chi connectivity index (χ1v) is 6.61. The van der Waals surface area contributed by atoms with E-state index < -0.39 is 12.1 Å². The van der Waals surface area contributed by atoms with Crippen LogP contribution in [-0.4, -0.2) is 23.2 Å². The number of benzene rings is 1. The number of hydrogen-bond donors (Lipinski definition) is 2. The van der Waals surface area contributed by atoms with Crippen molar-refractivity contribution in [2.24, 2.45) is 0 Å². The van der Waals surface area contributed by atoms with Crippen LogP contribution < -0.4 is 10.1 Å². The summed E-state index contributed by atoms with van der Waals surface area (Å²) >= 11 is 3.39. The Morgan fingerprint density at radius 3 is 2.67 bits per heavy atom. The van der Waals surface area contributed by atoms with Crippen LogP contribution in [0.25, 0.3) is 0 Å². The van der Waals surface area contributed by atoms with Gasteiger partial charge in [-0.25, -0.2) is 4.79 Å². The maximum absolute atomic E-state index is 10.8. The lowest BCUT2D eigenvalue weighted by molar-refractivity contribution is -0.144. The third kappa shape index (κ3) is 4.31. The second kappa shape index (κ2) is 6.75. The van der Waals surface area contributed by atoms with E-state index in [9.17, 15) is 4.79 Å². The van der Waals surface area contributed by atoms with Gasteiger partial charge >= 0.3 is 5.97 Å². The van der Waals surface area contributed by atoms with Crippen molar-refractivity contribution in [1.29, 1.82) is 0 Å². The highest BCUT2D eigenvalue weighted by molar-refractivity contribution is 9.10. The van der Waals surface area contributed by atoms with E-state index in [0.717, 1.165) is 10.0 Å². The molecule has 0 aliphatic rings. The van der Waals surface area contributed by atoms with Crippen LogP contribution in [0.15, 0.2) is 22.7 Å². The van der Waals surface area contributed by atoms with Crippen LogP contribution in [0.1, 0.15) is 26.3 Å². The Bertz CT molecular complexity index is 421. The molecule has 5 heteroatoms. The number of carbonyl (C=O) groups is 1. The smallest absolute Gasteiger partial charge is 0.344 e. The lowest BCUT2D eigenvalue weighted by Crippen LogP contribution is -2.25. The van der Waals surface area contributed by atoms with Gasteiger partial charge in [-0.15, -0.1) is 0 Å². The first-order chi connectivity index (χ1) is 8.41. The normalized spacial score (nSPS) is 12.5. The molecule has 0 saturated carbocycles. The molecule has 2 N–H and O–H groups in total. The van der Waals surface area contributed by atoms with Gasteiger partial charge in [0, 0.05) is 18.2 Å². The topological polar surface area (TPSA) is 58.6 Å². The predicted octanol–water partition coefficient (Wildman–Crippen LogP) is 2.80. The summed E-state index contributed by atoms with van der Waals surface area (Å²) in [5.41, 5.74) is 0.936. The first kappa shape index (κ1) is 15.0. The molecule has 0 bridgehead atoms. The summed E-state index contributed by atoms with van der Waals surface area (Å²) in [6.45, 7) is 6.26. The first-order valence-electron chi connectivity index (χ1n) is 5.82. The molecule has 1 unspecified atom stereocenters. The highest BCUT2D eigenvalue weighted by Gasteiger charge is 2.16. The highest BCUT2D eigenvalue weighted by atomic mass is 79.9. The Labute approximate surface area is 115 Å². The minimum absolute atomic E-state index is 0.355. The van der Waals surface area contributed by atoms with Crippen molar-refractivity contribution < 1.29 is 14.6 Å². The molecular formula is C13H18BrNO3. The quantitative estimate of drug-likeness (QED) is 0.847. The predicted molar refractivity (Wildman–Crippen MR) is 73.8 cm³/mol. The Balaban J connectivity index is 2.89. The van der Waals surface area contributed by atoms with Gasteiger partial charge in [-0.05, 0) is 28.9 Å². The van der Waals surface area contributed by atoms with Gasteiger partial charge in [0.05, 0.1) is 4.47 Å². The fourth-order valence-corrected chi connectivity index (χ4v) is 1.87.